The Balaban J connectivity index is 0.989. The minimum Gasteiger partial charge on any atom is -0.345 e. The molecular formula is C44H47N9O4. The number of hydrogen-bond donors (Lipinski definition) is 3. The molecule has 0 saturated carbocycles. The van der Waals surface area contributed by atoms with Crippen LogP contribution < -0.4 is 20.9 Å². The molecule has 1 aliphatic heterocycles. The van der Waals surface area contributed by atoms with Crippen molar-refractivity contribution in [3.05, 3.63) is 138 Å². The van der Waals surface area contributed by atoms with Crippen LogP contribution in [0, 0.1) is 0 Å². The maximum atomic E-state index is 13.6. The van der Waals surface area contributed by atoms with Gasteiger partial charge in [0.2, 0.25) is 11.8 Å². The van der Waals surface area contributed by atoms with Gasteiger partial charge in [-0.15, -0.1) is 0 Å². The fourth-order valence-electron chi connectivity index (χ4n) is 6.27. The molecule has 0 spiro atoms. The average molecular weight is 766 g/mol. The van der Waals surface area contributed by atoms with Gasteiger partial charge in [-0.3, -0.25) is 24.3 Å². The van der Waals surface area contributed by atoms with Gasteiger partial charge in [-0.2, -0.15) is 0 Å². The largest absolute Gasteiger partial charge is 0.345 e. The highest BCUT2D eigenvalue weighted by Gasteiger charge is 2.30. The second kappa shape index (κ2) is 18.7. The molecule has 3 heterocycles. The van der Waals surface area contributed by atoms with E-state index in [1.165, 1.54) is 6.08 Å². The molecule has 13 heteroatoms. The van der Waals surface area contributed by atoms with E-state index in [1.807, 2.05) is 110 Å². The summed E-state index contributed by atoms with van der Waals surface area (Å²) in [7, 11) is 7.32. The molecule has 1 fully saturated rings. The SMILES string of the molecule is CN(C)CC=CC(=O)Nc1cccc(CCC(=O)Nc2cccc(CN3CCN(c4cncc(Nc5ccc(-c6ccc(C(=O)N(C)C)cc6)cn5)c4)C3=O)c2)c1. The molecule has 0 radical (unpaired) electrons. The number of carbonyl (C=O) groups excluding carboxylic acids is 4. The quantitative estimate of drug-likeness (QED) is 0.101. The van der Waals surface area contributed by atoms with E-state index in [0.29, 0.717) is 66.7 Å². The van der Waals surface area contributed by atoms with Crippen molar-refractivity contribution in [2.45, 2.75) is 19.4 Å². The maximum absolute atomic E-state index is 13.6. The second-order valence-corrected chi connectivity index (χ2v) is 14.2. The number of urea groups is 1. The lowest BCUT2D eigenvalue weighted by Crippen LogP contribution is -2.31. The van der Waals surface area contributed by atoms with Crippen molar-refractivity contribution in [3.8, 4) is 11.1 Å². The van der Waals surface area contributed by atoms with Crippen molar-refractivity contribution in [1.29, 1.82) is 0 Å². The van der Waals surface area contributed by atoms with E-state index in [1.54, 1.807) is 53.5 Å². The van der Waals surface area contributed by atoms with Crippen LogP contribution in [0.2, 0.25) is 0 Å². The normalized spacial score (nSPS) is 12.6. The fraction of sp³-hybridized carbons (Fsp3) is 0.227. The first-order valence-electron chi connectivity index (χ1n) is 18.7. The van der Waals surface area contributed by atoms with Crippen molar-refractivity contribution in [2.24, 2.45) is 0 Å². The lowest BCUT2D eigenvalue weighted by atomic mass is 10.1. The maximum Gasteiger partial charge on any atom is 0.324 e. The number of carbonyl (C=O) groups is 4. The summed E-state index contributed by atoms with van der Waals surface area (Å²) in [5.41, 5.74) is 7.01. The van der Waals surface area contributed by atoms with Crippen LogP contribution in [-0.4, -0.2) is 96.2 Å². The van der Waals surface area contributed by atoms with Crippen LogP contribution in [0.15, 0.2) is 122 Å². The Hall–Kier alpha value is -6.86. The summed E-state index contributed by atoms with van der Waals surface area (Å²) in [6.45, 7) is 2.10. The molecule has 0 bridgehead atoms. The third-order valence-corrected chi connectivity index (χ3v) is 9.20. The zero-order valence-corrected chi connectivity index (χ0v) is 32.6. The minimum atomic E-state index is -0.203. The predicted molar refractivity (Wildman–Crippen MR) is 225 cm³/mol. The first-order chi connectivity index (χ1) is 27.5. The summed E-state index contributed by atoms with van der Waals surface area (Å²) in [5.74, 6) is 0.240. The highest BCUT2D eigenvalue weighted by Crippen LogP contribution is 2.27. The molecule has 13 nitrogen and oxygen atoms in total. The van der Waals surface area contributed by atoms with Crippen LogP contribution in [0.3, 0.4) is 0 Å². The van der Waals surface area contributed by atoms with Crippen LogP contribution in [-0.2, 0) is 22.6 Å². The van der Waals surface area contributed by atoms with Gasteiger partial charge in [0, 0.05) is 81.5 Å². The molecule has 57 heavy (non-hydrogen) atoms. The number of nitrogens with one attached hydrogen (secondary N) is 3. The molecule has 0 aliphatic carbocycles. The van der Waals surface area contributed by atoms with Gasteiger partial charge in [-0.1, -0.05) is 42.5 Å². The van der Waals surface area contributed by atoms with Crippen molar-refractivity contribution in [3.63, 3.8) is 0 Å². The molecule has 6 rings (SSSR count). The number of pyridine rings is 2. The summed E-state index contributed by atoms with van der Waals surface area (Å²) >= 11 is 0. The molecule has 1 aliphatic rings. The summed E-state index contributed by atoms with van der Waals surface area (Å²) < 4.78 is 0. The van der Waals surface area contributed by atoms with Gasteiger partial charge in [0.1, 0.15) is 5.82 Å². The van der Waals surface area contributed by atoms with Crippen molar-refractivity contribution < 1.29 is 19.2 Å². The molecular weight excluding hydrogens is 719 g/mol. The molecule has 0 unspecified atom stereocenters. The van der Waals surface area contributed by atoms with E-state index in [4.69, 9.17) is 0 Å². The van der Waals surface area contributed by atoms with Crippen LogP contribution in [0.1, 0.15) is 27.9 Å². The number of rotatable bonds is 15. The standard InChI is InChI=1S/C44H47N9O4/c1-50(2)21-7-12-41(54)48-36-10-5-8-31(24-36)13-20-42(55)49-37-11-6-9-32(25-37)30-52-22-23-53(44(52)57)39-26-38(28-45-29-39)47-40-19-18-35(27-46-40)33-14-16-34(17-15-33)43(56)51(3)4/h5-12,14-19,24-29H,13,20-23,30H2,1-4H3,(H,46,47)(H,48,54)(H,49,55). The Morgan fingerprint density at radius 1 is 0.772 bits per heavy atom. The molecule has 5 aromatic rings. The van der Waals surface area contributed by atoms with Crippen LogP contribution >= 0.6 is 0 Å². The number of hydrogen-bond acceptors (Lipinski definition) is 8. The smallest absolute Gasteiger partial charge is 0.324 e. The number of amides is 5. The Morgan fingerprint density at radius 3 is 2.21 bits per heavy atom. The molecule has 5 amide bonds. The van der Waals surface area contributed by atoms with Crippen LogP contribution in [0.25, 0.3) is 11.1 Å². The van der Waals surface area contributed by atoms with E-state index >= 15 is 0 Å². The summed E-state index contributed by atoms with van der Waals surface area (Å²) in [4.78, 5) is 66.8. The molecule has 292 valence electrons. The summed E-state index contributed by atoms with van der Waals surface area (Å²) in [6, 6.07) is 28.0. The molecule has 0 atom stereocenters. The number of likely N-dealkylation sites (N-methyl/N-ethyl adjacent to an activating group) is 1. The lowest BCUT2D eigenvalue weighted by molar-refractivity contribution is -0.116. The van der Waals surface area contributed by atoms with Crippen molar-refractivity contribution in [2.75, 3.05) is 68.7 Å². The van der Waals surface area contributed by atoms with E-state index in [2.05, 4.69) is 25.9 Å². The van der Waals surface area contributed by atoms with Gasteiger partial charge in [0.05, 0.1) is 23.8 Å². The van der Waals surface area contributed by atoms with Gasteiger partial charge in [0.25, 0.3) is 5.91 Å². The first-order valence-corrected chi connectivity index (χ1v) is 18.7. The van der Waals surface area contributed by atoms with Crippen molar-refractivity contribution in [1.82, 2.24) is 24.7 Å². The van der Waals surface area contributed by atoms with Crippen molar-refractivity contribution >= 4 is 52.3 Å². The van der Waals surface area contributed by atoms with Gasteiger partial charge >= 0.3 is 6.03 Å². The summed E-state index contributed by atoms with van der Waals surface area (Å²) in [6.07, 6.45) is 9.21. The topological polar surface area (TPSA) is 143 Å². The van der Waals surface area contributed by atoms with Gasteiger partial charge in [-0.25, -0.2) is 9.78 Å². The number of benzene rings is 3. The minimum absolute atomic E-state index is 0.0490. The van der Waals surface area contributed by atoms with E-state index in [0.717, 1.165) is 22.3 Å². The monoisotopic (exact) mass is 765 g/mol. The first kappa shape index (κ1) is 39.8. The second-order valence-electron chi connectivity index (χ2n) is 14.2. The van der Waals surface area contributed by atoms with E-state index < -0.39 is 0 Å². The molecule has 3 N–H and O–H groups in total. The average Bonchev–Trinajstić information content (AvgIpc) is 3.56. The predicted octanol–water partition coefficient (Wildman–Crippen LogP) is 6.66. The number of nitrogens with zero attached hydrogens (tertiary/aromatic N) is 6. The Labute approximate surface area is 333 Å². The number of anilines is 5. The number of aromatic nitrogens is 2. The Bertz CT molecular complexity index is 2240. The Morgan fingerprint density at radius 2 is 1.49 bits per heavy atom. The fourth-order valence-corrected chi connectivity index (χ4v) is 6.27. The van der Waals surface area contributed by atoms with Crippen LogP contribution in [0.5, 0.6) is 0 Å². The summed E-state index contributed by atoms with van der Waals surface area (Å²) in [5, 5.41) is 9.12. The Kier molecular flexibility index (Phi) is 13.0. The van der Waals surface area contributed by atoms with Gasteiger partial charge in [0.15, 0.2) is 0 Å². The third-order valence-electron chi connectivity index (χ3n) is 9.20. The van der Waals surface area contributed by atoms with E-state index in [-0.39, 0.29) is 30.2 Å². The number of aryl methyl sites for hydroxylation is 1. The zero-order chi connectivity index (χ0) is 40.3. The highest BCUT2D eigenvalue weighted by atomic mass is 16.2. The highest BCUT2D eigenvalue weighted by molar-refractivity contribution is 5.99. The van der Waals surface area contributed by atoms with Crippen LogP contribution in [0.4, 0.5) is 33.4 Å². The van der Waals surface area contributed by atoms with Gasteiger partial charge in [-0.05, 0) is 91.8 Å². The molecule has 2 aromatic heterocycles. The lowest BCUT2D eigenvalue weighted by Gasteiger charge is -2.19. The molecule has 1 saturated heterocycles. The van der Waals surface area contributed by atoms with Gasteiger partial charge < -0.3 is 30.7 Å². The van der Waals surface area contributed by atoms with E-state index in [9.17, 15) is 19.2 Å². The zero-order valence-electron chi connectivity index (χ0n) is 32.6. The molecule has 3 aromatic carbocycles. The third kappa shape index (κ3) is 11.1.